The van der Waals surface area contributed by atoms with Gasteiger partial charge < -0.3 is 9.53 Å². The molecule has 0 aliphatic rings. The summed E-state index contributed by atoms with van der Waals surface area (Å²) in [5, 5.41) is 10.6. The molecular formula is C13H23ClN2O2Si. The van der Waals surface area contributed by atoms with E-state index in [9.17, 15) is 5.11 Å². The number of aryl methyl sites for hydroxylation is 1. The van der Waals surface area contributed by atoms with Crippen LogP contribution in [0.25, 0.3) is 0 Å². The lowest BCUT2D eigenvalue weighted by atomic mass is 10.2. The van der Waals surface area contributed by atoms with Crippen molar-refractivity contribution in [2.24, 2.45) is 0 Å². The van der Waals surface area contributed by atoms with E-state index >= 15 is 0 Å². The molecule has 108 valence electrons. The first-order chi connectivity index (χ1) is 8.53. The van der Waals surface area contributed by atoms with Crippen LogP contribution < -0.4 is 0 Å². The van der Waals surface area contributed by atoms with E-state index < -0.39 is 14.4 Å². The molecule has 1 atom stereocenters. The summed E-state index contributed by atoms with van der Waals surface area (Å²) in [7, 11) is -1.88. The van der Waals surface area contributed by atoms with Crippen LogP contribution in [0.1, 0.15) is 38.4 Å². The number of rotatable bonds is 4. The third-order valence-corrected chi connectivity index (χ3v) is 8.24. The highest BCUT2D eigenvalue weighted by Gasteiger charge is 2.37. The predicted molar refractivity (Wildman–Crippen MR) is 79.9 cm³/mol. The van der Waals surface area contributed by atoms with Gasteiger partial charge in [-0.3, -0.25) is 0 Å². The fraction of sp³-hybridized carbons (Fsp3) is 0.692. The molecule has 1 heterocycles. The van der Waals surface area contributed by atoms with Gasteiger partial charge in [0.15, 0.2) is 14.1 Å². The summed E-state index contributed by atoms with van der Waals surface area (Å²) in [5.41, 5.74) is 0.737. The molecule has 0 spiro atoms. The molecule has 0 fully saturated rings. The summed E-state index contributed by atoms with van der Waals surface area (Å²) in [4.78, 5) is 8.22. The molecule has 0 radical (unpaired) electrons. The van der Waals surface area contributed by atoms with Gasteiger partial charge >= 0.3 is 0 Å². The minimum Gasteiger partial charge on any atom is -0.414 e. The molecule has 6 heteroatoms. The smallest absolute Gasteiger partial charge is 0.192 e. The maximum Gasteiger partial charge on any atom is 0.192 e. The molecule has 0 aliphatic carbocycles. The van der Waals surface area contributed by atoms with Gasteiger partial charge in [0.2, 0.25) is 0 Å². The van der Waals surface area contributed by atoms with Crippen LogP contribution in [0.3, 0.4) is 0 Å². The van der Waals surface area contributed by atoms with Crippen LogP contribution in [0.2, 0.25) is 23.3 Å². The van der Waals surface area contributed by atoms with Crippen molar-refractivity contribution < 1.29 is 9.53 Å². The second-order valence-corrected chi connectivity index (χ2v) is 11.5. The molecule has 4 nitrogen and oxygen atoms in total. The van der Waals surface area contributed by atoms with Crippen molar-refractivity contribution in [1.82, 2.24) is 9.97 Å². The summed E-state index contributed by atoms with van der Waals surface area (Å²) >= 11 is 5.86. The number of nitrogens with zero attached hydrogens (tertiary/aromatic N) is 2. The zero-order chi connectivity index (χ0) is 14.8. The average molecular weight is 303 g/mol. The highest BCUT2D eigenvalue weighted by atomic mass is 35.5. The van der Waals surface area contributed by atoms with E-state index in [0.29, 0.717) is 11.0 Å². The molecule has 0 amide bonds. The van der Waals surface area contributed by atoms with Crippen LogP contribution in [-0.2, 0) is 4.43 Å². The van der Waals surface area contributed by atoms with Gasteiger partial charge in [0.25, 0.3) is 0 Å². The Morgan fingerprint density at radius 1 is 1.37 bits per heavy atom. The summed E-state index contributed by atoms with van der Waals surface area (Å²) in [6, 6.07) is 1.66. The molecule has 0 aliphatic heterocycles. The summed E-state index contributed by atoms with van der Waals surface area (Å²) < 4.78 is 5.96. The highest BCUT2D eigenvalue weighted by Crippen LogP contribution is 2.37. The Morgan fingerprint density at radius 3 is 2.42 bits per heavy atom. The minimum atomic E-state index is -1.88. The third-order valence-electron chi connectivity index (χ3n) is 3.55. The van der Waals surface area contributed by atoms with E-state index in [2.05, 4.69) is 43.8 Å². The quantitative estimate of drug-likeness (QED) is 0.683. The van der Waals surface area contributed by atoms with Crippen molar-refractivity contribution >= 4 is 19.9 Å². The Morgan fingerprint density at radius 2 is 1.95 bits per heavy atom. The van der Waals surface area contributed by atoms with E-state index in [-0.39, 0.29) is 11.6 Å². The number of hydrogen-bond acceptors (Lipinski definition) is 4. The summed E-state index contributed by atoms with van der Waals surface area (Å²) in [5.74, 6) is 0.323. The Balaban J connectivity index is 2.73. The first kappa shape index (κ1) is 16.6. The van der Waals surface area contributed by atoms with Crippen LogP contribution in [0.5, 0.6) is 0 Å². The second-order valence-electron chi connectivity index (χ2n) is 6.28. The van der Waals surface area contributed by atoms with E-state index in [1.54, 1.807) is 6.07 Å². The third kappa shape index (κ3) is 4.52. The van der Waals surface area contributed by atoms with Gasteiger partial charge in [0, 0.05) is 5.69 Å². The number of aliphatic hydroxyl groups is 1. The van der Waals surface area contributed by atoms with Crippen LogP contribution in [0.4, 0.5) is 0 Å². The largest absolute Gasteiger partial charge is 0.414 e. The van der Waals surface area contributed by atoms with Crippen molar-refractivity contribution in [2.45, 2.75) is 51.9 Å². The van der Waals surface area contributed by atoms with Crippen molar-refractivity contribution in [3.05, 3.63) is 22.7 Å². The Kier molecular flexibility index (Phi) is 5.12. The highest BCUT2D eigenvalue weighted by molar-refractivity contribution is 6.74. The lowest BCUT2D eigenvalue weighted by molar-refractivity contribution is 0.0932. The van der Waals surface area contributed by atoms with Crippen LogP contribution >= 0.6 is 11.6 Å². The molecule has 1 N–H and O–H groups in total. The zero-order valence-corrected chi connectivity index (χ0v) is 14.2. The molecule has 1 unspecified atom stereocenters. The Hall–Kier alpha value is -0.493. The fourth-order valence-electron chi connectivity index (χ4n) is 1.28. The lowest BCUT2D eigenvalue weighted by Crippen LogP contribution is -2.41. The Labute approximate surface area is 121 Å². The minimum absolute atomic E-state index is 0.109. The van der Waals surface area contributed by atoms with E-state index in [1.165, 1.54) is 0 Å². The van der Waals surface area contributed by atoms with Gasteiger partial charge in [0.05, 0.1) is 6.61 Å². The number of halogens is 1. The molecule has 0 saturated heterocycles. The Bertz CT molecular complexity index is 427. The molecule has 0 bridgehead atoms. The lowest BCUT2D eigenvalue weighted by Gasteiger charge is -2.36. The molecular weight excluding hydrogens is 280 g/mol. The molecule has 1 rings (SSSR count). The first-order valence-electron chi connectivity index (χ1n) is 6.36. The molecule has 0 saturated carbocycles. The maximum absolute atomic E-state index is 10.1. The number of aromatic nitrogens is 2. The SMILES string of the molecule is Cc1cc(Cl)nc(C(O)CO[Si](C)(C)C(C)(C)C)n1. The average Bonchev–Trinajstić information content (AvgIpc) is 2.23. The molecule has 0 aromatic carbocycles. The maximum atomic E-state index is 10.1. The van der Waals surface area contributed by atoms with Crippen LogP contribution in [0.15, 0.2) is 6.07 Å². The van der Waals surface area contributed by atoms with E-state index in [0.717, 1.165) is 5.69 Å². The summed E-state index contributed by atoms with van der Waals surface area (Å²) in [6.07, 6.45) is -0.841. The van der Waals surface area contributed by atoms with Gasteiger partial charge in [-0.05, 0) is 31.1 Å². The topological polar surface area (TPSA) is 55.2 Å². The van der Waals surface area contributed by atoms with Crippen molar-refractivity contribution in [3.8, 4) is 0 Å². The van der Waals surface area contributed by atoms with E-state index in [4.69, 9.17) is 16.0 Å². The van der Waals surface area contributed by atoms with Crippen LogP contribution in [-0.4, -0.2) is 30.0 Å². The van der Waals surface area contributed by atoms with Gasteiger partial charge in [-0.25, -0.2) is 9.97 Å². The van der Waals surface area contributed by atoms with Crippen molar-refractivity contribution in [1.29, 1.82) is 0 Å². The standard InChI is InChI=1S/C13H23ClN2O2Si/c1-9-7-11(14)16-12(15-9)10(17)8-18-19(5,6)13(2,3)4/h7,10,17H,8H2,1-6H3. The van der Waals surface area contributed by atoms with Gasteiger partial charge in [-0.1, -0.05) is 32.4 Å². The van der Waals surface area contributed by atoms with Gasteiger partial charge in [-0.15, -0.1) is 0 Å². The van der Waals surface area contributed by atoms with Gasteiger partial charge in [0.1, 0.15) is 11.3 Å². The van der Waals surface area contributed by atoms with Crippen molar-refractivity contribution in [3.63, 3.8) is 0 Å². The molecule has 19 heavy (non-hydrogen) atoms. The summed E-state index contributed by atoms with van der Waals surface area (Å²) in [6.45, 7) is 12.8. The van der Waals surface area contributed by atoms with Crippen LogP contribution in [0, 0.1) is 6.92 Å². The molecule has 1 aromatic rings. The predicted octanol–water partition coefficient (Wildman–Crippen LogP) is 3.49. The van der Waals surface area contributed by atoms with Crippen molar-refractivity contribution in [2.75, 3.05) is 6.61 Å². The normalized spacial score (nSPS) is 14.5. The number of hydrogen-bond donors (Lipinski definition) is 1. The monoisotopic (exact) mass is 302 g/mol. The van der Waals surface area contributed by atoms with E-state index in [1.807, 2.05) is 6.92 Å². The fourth-order valence-corrected chi connectivity index (χ4v) is 2.53. The molecule has 1 aromatic heterocycles. The zero-order valence-electron chi connectivity index (χ0n) is 12.5. The number of aliphatic hydroxyl groups excluding tert-OH is 1. The second kappa shape index (κ2) is 5.87. The first-order valence-corrected chi connectivity index (χ1v) is 9.64. The van der Waals surface area contributed by atoms with Gasteiger partial charge in [-0.2, -0.15) is 0 Å².